The van der Waals surface area contributed by atoms with Gasteiger partial charge in [-0.05, 0) is 45.0 Å². The van der Waals surface area contributed by atoms with Crippen molar-refractivity contribution in [2.75, 3.05) is 33.4 Å². The van der Waals surface area contributed by atoms with Crippen LogP contribution in [0.25, 0.3) is 0 Å². The van der Waals surface area contributed by atoms with E-state index >= 15 is 0 Å². The number of hydrogen-bond acceptors (Lipinski definition) is 5. The van der Waals surface area contributed by atoms with E-state index in [0.717, 1.165) is 29.1 Å². The maximum Gasteiger partial charge on any atom is 0.255 e. The van der Waals surface area contributed by atoms with Crippen molar-refractivity contribution in [3.63, 3.8) is 0 Å². The fourth-order valence-electron chi connectivity index (χ4n) is 3.25. The lowest BCUT2D eigenvalue weighted by atomic mass is 10.2. The van der Waals surface area contributed by atoms with Crippen LogP contribution >= 0.6 is 11.8 Å². The first kappa shape index (κ1) is 18.9. The summed E-state index contributed by atoms with van der Waals surface area (Å²) in [6, 6.07) is 9.67. The molecular weight excluding hydrogens is 348 g/mol. The van der Waals surface area contributed by atoms with Gasteiger partial charge in [0.05, 0.1) is 23.5 Å². The number of aryl methyl sites for hydroxylation is 1. The van der Waals surface area contributed by atoms with Gasteiger partial charge in [-0.25, -0.2) is 0 Å². The zero-order valence-electron chi connectivity index (χ0n) is 15.6. The molecule has 2 aromatic rings. The molecule has 0 bridgehead atoms. The molecule has 3 rings (SSSR count). The second-order valence-corrected chi connectivity index (χ2v) is 7.69. The Balaban J connectivity index is 1.81. The zero-order valence-corrected chi connectivity index (χ0v) is 16.4. The third-order valence-electron chi connectivity index (χ3n) is 4.54. The minimum absolute atomic E-state index is 0.0555. The predicted octanol–water partition coefficient (Wildman–Crippen LogP) is 2.25. The third kappa shape index (κ3) is 4.11. The molecule has 1 aliphatic heterocycles. The first-order valence-electron chi connectivity index (χ1n) is 8.81. The van der Waals surface area contributed by atoms with Gasteiger partial charge in [-0.3, -0.25) is 9.48 Å². The van der Waals surface area contributed by atoms with Gasteiger partial charge in [0.25, 0.3) is 5.91 Å². The minimum Gasteiger partial charge on any atom is -0.385 e. The summed E-state index contributed by atoms with van der Waals surface area (Å²) in [5.74, 6) is 0.0555. The molecule has 1 N–H and O–H groups in total. The number of hydrogen-bond donors (Lipinski definition) is 1. The van der Waals surface area contributed by atoms with Crippen LogP contribution in [-0.4, -0.2) is 64.0 Å². The largest absolute Gasteiger partial charge is 0.385 e. The summed E-state index contributed by atoms with van der Waals surface area (Å²) in [5.41, 5.74) is 2.40. The Bertz CT molecular complexity index is 775. The van der Waals surface area contributed by atoms with E-state index in [1.165, 1.54) is 0 Å². The number of nitrogens with zero attached hydrogens (tertiary/aromatic N) is 4. The first-order valence-corrected chi connectivity index (χ1v) is 10.0. The third-order valence-corrected chi connectivity index (χ3v) is 5.33. The molecule has 0 spiro atoms. The van der Waals surface area contributed by atoms with Gasteiger partial charge in [-0.2, -0.15) is 5.10 Å². The number of likely N-dealkylation sites (N-methyl/N-ethyl adjacent to an activating group) is 1. The van der Waals surface area contributed by atoms with Crippen molar-refractivity contribution < 1.29 is 9.90 Å². The lowest BCUT2D eigenvalue weighted by Crippen LogP contribution is -2.31. The lowest BCUT2D eigenvalue weighted by molar-refractivity contribution is 0.0742. The monoisotopic (exact) mass is 374 g/mol. The van der Waals surface area contributed by atoms with Crippen molar-refractivity contribution in [1.82, 2.24) is 19.6 Å². The molecule has 1 amide bonds. The number of rotatable bonds is 5. The van der Waals surface area contributed by atoms with Crippen LogP contribution in [0.3, 0.4) is 0 Å². The van der Waals surface area contributed by atoms with Crippen LogP contribution in [0.2, 0.25) is 0 Å². The highest BCUT2D eigenvalue weighted by molar-refractivity contribution is 7.98. The van der Waals surface area contributed by atoms with Crippen molar-refractivity contribution in [3.8, 4) is 0 Å². The van der Waals surface area contributed by atoms with E-state index in [9.17, 15) is 9.90 Å². The molecule has 0 aliphatic carbocycles. The van der Waals surface area contributed by atoms with Gasteiger partial charge in [0, 0.05) is 24.5 Å². The molecule has 0 fully saturated rings. The number of aromatic nitrogens is 2. The normalized spacial score (nSPS) is 15.7. The lowest BCUT2D eigenvalue weighted by Gasteiger charge is -2.21. The van der Waals surface area contributed by atoms with Gasteiger partial charge in [0.15, 0.2) is 0 Å². The fraction of sp³-hybridized carbons (Fsp3) is 0.474. The summed E-state index contributed by atoms with van der Waals surface area (Å²) in [5, 5.41) is 14.9. The van der Waals surface area contributed by atoms with Crippen LogP contribution in [0, 0.1) is 0 Å². The van der Waals surface area contributed by atoms with E-state index in [-0.39, 0.29) is 5.91 Å². The highest BCUT2D eigenvalue weighted by Crippen LogP contribution is 2.24. The molecule has 2 heterocycles. The van der Waals surface area contributed by atoms with E-state index in [2.05, 4.69) is 5.10 Å². The topological polar surface area (TPSA) is 61.6 Å². The standard InChI is InChI=1S/C19H26N4O2S/c1-21(2)13-17(24)16-11-14-12-22(9-6-10-23(14)20-16)19(25)15-7-4-5-8-18(15)26-3/h4-5,7-8,11,17,24H,6,9-10,12-13H2,1-3H3/t17-/m1/s1. The number of thioether (sulfide) groups is 1. The number of benzene rings is 1. The van der Waals surface area contributed by atoms with E-state index in [1.807, 2.05) is 65.2 Å². The van der Waals surface area contributed by atoms with Gasteiger partial charge in [0.2, 0.25) is 0 Å². The molecule has 140 valence electrons. The summed E-state index contributed by atoms with van der Waals surface area (Å²) in [6.45, 7) is 2.52. The Morgan fingerprint density at radius 3 is 2.85 bits per heavy atom. The van der Waals surface area contributed by atoms with Crippen molar-refractivity contribution in [3.05, 3.63) is 47.3 Å². The molecule has 26 heavy (non-hydrogen) atoms. The van der Waals surface area contributed by atoms with Crippen LogP contribution in [0.1, 0.15) is 34.3 Å². The number of fused-ring (bicyclic) bond motifs is 1. The maximum absolute atomic E-state index is 13.1. The van der Waals surface area contributed by atoms with Gasteiger partial charge in [-0.1, -0.05) is 12.1 Å². The molecule has 0 saturated heterocycles. The van der Waals surface area contributed by atoms with Gasteiger partial charge in [-0.15, -0.1) is 11.8 Å². The molecule has 0 saturated carbocycles. The zero-order chi connectivity index (χ0) is 18.7. The number of carbonyl (C=O) groups is 1. The summed E-state index contributed by atoms with van der Waals surface area (Å²) in [6.07, 6.45) is 2.22. The molecule has 1 aliphatic rings. The quantitative estimate of drug-likeness (QED) is 0.814. The molecule has 6 nitrogen and oxygen atoms in total. The highest BCUT2D eigenvalue weighted by atomic mass is 32.2. The second kappa shape index (κ2) is 8.24. The van der Waals surface area contributed by atoms with Crippen molar-refractivity contribution >= 4 is 17.7 Å². The molecule has 0 radical (unpaired) electrons. The number of carbonyl (C=O) groups excluding carboxylic acids is 1. The molecular formula is C19H26N4O2S. The molecule has 1 aromatic heterocycles. The van der Waals surface area contributed by atoms with Crippen LogP contribution in [-0.2, 0) is 13.1 Å². The van der Waals surface area contributed by atoms with Crippen LogP contribution < -0.4 is 0 Å². The Hall–Kier alpha value is -1.83. The molecule has 0 unspecified atom stereocenters. The smallest absolute Gasteiger partial charge is 0.255 e. The number of aliphatic hydroxyl groups excluding tert-OH is 1. The Morgan fingerprint density at radius 2 is 2.12 bits per heavy atom. The van der Waals surface area contributed by atoms with Crippen molar-refractivity contribution in [2.24, 2.45) is 0 Å². The maximum atomic E-state index is 13.1. The van der Waals surface area contributed by atoms with E-state index < -0.39 is 6.10 Å². The van der Waals surface area contributed by atoms with Crippen molar-refractivity contribution in [2.45, 2.75) is 30.5 Å². The highest BCUT2D eigenvalue weighted by Gasteiger charge is 2.24. The average Bonchev–Trinajstić information content (AvgIpc) is 2.92. The van der Waals surface area contributed by atoms with E-state index in [4.69, 9.17) is 0 Å². The van der Waals surface area contributed by atoms with Crippen molar-refractivity contribution in [1.29, 1.82) is 0 Å². The van der Waals surface area contributed by atoms with Crippen LogP contribution in [0.4, 0.5) is 0 Å². The minimum atomic E-state index is -0.620. The predicted molar refractivity (Wildman–Crippen MR) is 103 cm³/mol. The summed E-state index contributed by atoms with van der Waals surface area (Å²) in [7, 11) is 3.85. The average molecular weight is 375 g/mol. The summed E-state index contributed by atoms with van der Waals surface area (Å²) < 4.78 is 1.93. The van der Waals surface area contributed by atoms with Gasteiger partial charge >= 0.3 is 0 Å². The van der Waals surface area contributed by atoms with Crippen LogP contribution in [0.15, 0.2) is 35.2 Å². The first-order chi connectivity index (χ1) is 12.5. The molecule has 7 heteroatoms. The summed E-state index contributed by atoms with van der Waals surface area (Å²) >= 11 is 1.59. The SMILES string of the molecule is CSc1ccccc1C(=O)N1CCCn2nc([C@H](O)CN(C)C)cc2C1. The molecule has 1 atom stereocenters. The van der Waals surface area contributed by atoms with Gasteiger partial charge in [0.1, 0.15) is 6.10 Å². The fourth-order valence-corrected chi connectivity index (χ4v) is 3.84. The molecule has 1 aromatic carbocycles. The van der Waals surface area contributed by atoms with E-state index in [1.54, 1.807) is 11.8 Å². The Morgan fingerprint density at radius 1 is 1.35 bits per heavy atom. The van der Waals surface area contributed by atoms with Crippen LogP contribution in [0.5, 0.6) is 0 Å². The number of aliphatic hydroxyl groups is 1. The Kier molecular flexibility index (Phi) is 6.01. The second-order valence-electron chi connectivity index (χ2n) is 6.84. The number of amides is 1. The summed E-state index contributed by atoms with van der Waals surface area (Å²) in [4.78, 5) is 17.9. The van der Waals surface area contributed by atoms with E-state index in [0.29, 0.717) is 25.3 Å². The van der Waals surface area contributed by atoms with Gasteiger partial charge < -0.3 is 14.9 Å². The Labute approximate surface area is 158 Å².